The largest absolute Gasteiger partial charge is 0.316 e. The Morgan fingerprint density at radius 1 is 1.24 bits per heavy atom. The molecular weight excluding hydrogens is 230 g/mol. The summed E-state index contributed by atoms with van der Waals surface area (Å²) in [6.45, 7) is 3.01. The lowest BCUT2D eigenvalue weighted by molar-refractivity contribution is 0.815. The molecule has 3 nitrogen and oxygen atoms in total. The SMILES string of the molecule is CNCc1ccc(Sc2ncccn2)c(C)c1. The van der Waals surface area contributed by atoms with Crippen molar-refractivity contribution in [3.8, 4) is 0 Å². The van der Waals surface area contributed by atoms with Gasteiger partial charge in [0, 0.05) is 23.8 Å². The molecule has 0 aliphatic heterocycles. The maximum atomic E-state index is 4.21. The Balaban J connectivity index is 2.17. The maximum absolute atomic E-state index is 4.21. The first-order chi connectivity index (χ1) is 8.29. The second-order valence-corrected chi connectivity index (χ2v) is 4.77. The van der Waals surface area contributed by atoms with E-state index in [0.717, 1.165) is 11.7 Å². The van der Waals surface area contributed by atoms with Crippen LogP contribution in [0.3, 0.4) is 0 Å². The molecule has 0 saturated carbocycles. The van der Waals surface area contributed by atoms with Crippen molar-refractivity contribution in [2.75, 3.05) is 7.05 Å². The lowest BCUT2D eigenvalue weighted by atomic mass is 10.1. The molecule has 1 heterocycles. The average molecular weight is 245 g/mol. The molecule has 0 unspecified atom stereocenters. The number of rotatable bonds is 4. The van der Waals surface area contributed by atoms with Crippen molar-refractivity contribution in [1.29, 1.82) is 0 Å². The van der Waals surface area contributed by atoms with Gasteiger partial charge in [0.05, 0.1) is 0 Å². The van der Waals surface area contributed by atoms with Crippen molar-refractivity contribution in [3.63, 3.8) is 0 Å². The van der Waals surface area contributed by atoms with Crippen molar-refractivity contribution < 1.29 is 0 Å². The van der Waals surface area contributed by atoms with Crippen LogP contribution in [0.25, 0.3) is 0 Å². The fourth-order valence-corrected chi connectivity index (χ4v) is 2.36. The molecule has 0 radical (unpaired) electrons. The number of hydrogen-bond acceptors (Lipinski definition) is 4. The Labute approximate surface area is 106 Å². The van der Waals surface area contributed by atoms with Crippen LogP contribution < -0.4 is 5.32 Å². The molecule has 2 aromatic rings. The summed E-state index contributed by atoms with van der Waals surface area (Å²) in [4.78, 5) is 9.63. The molecule has 0 spiro atoms. The average Bonchev–Trinajstić information content (AvgIpc) is 2.34. The lowest BCUT2D eigenvalue weighted by Crippen LogP contribution is -2.05. The standard InChI is InChI=1S/C13H15N3S/c1-10-8-11(9-14-2)4-5-12(10)17-13-15-6-3-7-16-13/h3-8,14H,9H2,1-2H3. The molecule has 2 rings (SSSR count). The van der Waals surface area contributed by atoms with Crippen LogP contribution in [0.5, 0.6) is 0 Å². The zero-order chi connectivity index (χ0) is 12.1. The van der Waals surface area contributed by atoms with Crippen molar-refractivity contribution in [2.24, 2.45) is 0 Å². The predicted octanol–water partition coefficient (Wildman–Crippen LogP) is 2.66. The van der Waals surface area contributed by atoms with E-state index in [0.29, 0.717) is 0 Å². The monoisotopic (exact) mass is 245 g/mol. The lowest BCUT2D eigenvalue weighted by Gasteiger charge is -2.07. The van der Waals surface area contributed by atoms with Crippen LogP contribution in [0.4, 0.5) is 0 Å². The third-order valence-corrected chi connectivity index (χ3v) is 3.43. The normalized spacial score (nSPS) is 10.5. The van der Waals surface area contributed by atoms with Crippen molar-refractivity contribution in [2.45, 2.75) is 23.5 Å². The van der Waals surface area contributed by atoms with Crippen LogP contribution in [0.15, 0.2) is 46.7 Å². The molecule has 1 aromatic carbocycles. The zero-order valence-electron chi connectivity index (χ0n) is 9.97. The van der Waals surface area contributed by atoms with E-state index in [1.165, 1.54) is 16.0 Å². The van der Waals surface area contributed by atoms with Crippen LogP contribution in [0, 0.1) is 6.92 Å². The van der Waals surface area contributed by atoms with Crippen LogP contribution in [-0.4, -0.2) is 17.0 Å². The minimum atomic E-state index is 0.789. The molecule has 0 amide bonds. The van der Waals surface area contributed by atoms with Gasteiger partial charge in [-0.3, -0.25) is 0 Å². The van der Waals surface area contributed by atoms with E-state index in [1.807, 2.05) is 13.1 Å². The molecular formula is C13H15N3S. The molecule has 1 aromatic heterocycles. The van der Waals surface area contributed by atoms with Crippen LogP contribution >= 0.6 is 11.8 Å². The summed E-state index contributed by atoms with van der Waals surface area (Å²) in [6.07, 6.45) is 3.53. The number of nitrogens with zero attached hydrogens (tertiary/aromatic N) is 2. The van der Waals surface area contributed by atoms with Gasteiger partial charge in [-0.25, -0.2) is 9.97 Å². The molecule has 0 saturated heterocycles. The number of aromatic nitrogens is 2. The number of nitrogens with one attached hydrogen (secondary N) is 1. The highest BCUT2D eigenvalue weighted by atomic mass is 32.2. The summed E-state index contributed by atoms with van der Waals surface area (Å²) in [5.41, 5.74) is 2.55. The topological polar surface area (TPSA) is 37.8 Å². The second-order valence-electron chi connectivity index (χ2n) is 3.76. The Hall–Kier alpha value is -1.39. The van der Waals surface area contributed by atoms with E-state index >= 15 is 0 Å². The van der Waals surface area contributed by atoms with Gasteiger partial charge < -0.3 is 5.32 Å². The smallest absolute Gasteiger partial charge is 0.192 e. The van der Waals surface area contributed by atoms with E-state index in [-0.39, 0.29) is 0 Å². The zero-order valence-corrected chi connectivity index (χ0v) is 10.8. The summed E-state index contributed by atoms with van der Waals surface area (Å²) in [5.74, 6) is 0. The molecule has 4 heteroatoms. The van der Waals surface area contributed by atoms with Gasteiger partial charge >= 0.3 is 0 Å². The minimum Gasteiger partial charge on any atom is -0.316 e. The number of benzene rings is 1. The molecule has 0 atom stereocenters. The first-order valence-electron chi connectivity index (χ1n) is 5.48. The fourth-order valence-electron chi connectivity index (χ4n) is 1.58. The van der Waals surface area contributed by atoms with Gasteiger partial charge in [-0.2, -0.15) is 0 Å². The van der Waals surface area contributed by atoms with Gasteiger partial charge in [-0.1, -0.05) is 12.1 Å². The van der Waals surface area contributed by atoms with E-state index in [1.54, 1.807) is 24.2 Å². The second kappa shape index (κ2) is 5.80. The molecule has 0 fully saturated rings. The summed E-state index contributed by atoms with van der Waals surface area (Å²) in [5, 5.41) is 3.94. The van der Waals surface area contributed by atoms with Crippen LogP contribution in [-0.2, 0) is 6.54 Å². The third-order valence-electron chi connectivity index (χ3n) is 2.36. The van der Waals surface area contributed by atoms with E-state index in [9.17, 15) is 0 Å². The van der Waals surface area contributed by atoms with Crippen LogP contribution in [0.1, 0.15) is 11.1 Å². The van der Waals surface area contributed by atoms with Crippen LogP contribution in [0.2, 0.25) is 0 Å². The molecule has 0 aliphatic rings. The quantitative estimate of drug-likeness (QED) is 0.840. The minimum absolute atomic E-state index is 0.789. The molecule has 0 aliphatic carbocycles. The summed E-state index contributed by atoms with van der Waals surface area (Å²) < 4.78 is 0. The van der Waals surface area contributed by atoms with E-state index < -0.39 is 0 Å². The van der Waals surface area contributed by atoms with Gasteiger partial charge in [0.25, 0.3) is 0 Å². The van der Waals surface area contributed by atoms with Gasteiger partial charge in [0.1, 0.15) is 0 Å². The highest BCUT2D eigenvalue weighted by molar-refractivity contribution is 7.99. The molecule has 0 bridgehead atoms. The Bertz CT molecular complexity index is 485. The summed E-state index contributed by atoms with van der Waals surface area (Å²) >= 11 is 1.60. The van der Waals surface area contributed by atoms with E-state index in [4.69, 9.17) is 0 Å². The maximum Gasteiger partial charge on any atom is 0.192 e. The molecule has 88 valence electrons. The van der Waals surface area contributed by atoms with Gasteiger partial charge in [-0.15, -0.1) is 0 Å². The molecule has 1 N–H and O–H groups in total. The fraction of sp³-hybridized carbons (Fsp3) is 0.231. The highest BCUT2D eigenvalue weighted by Crippen LogP contribution is 2.27. The molecule has 17 heavy (non-hydrogen) atoms. The predicted molar refractivity (Wildman–Crippen MR) is 70.1 cm³/mol. The summed E-state index contributed by atoms with van der Waals surface area (Å²) in [6, 6.07) is 8.28. The Morgan fingerprint density at radius 2 is 2.00 bits per heavy atom. The number of hydrogen-bond donors (Lipinski definition) is 1. The van der Waals surface area contributed by atoms with Crippen molar-refractivity contribution >= 4 is 11.8 Å². The Kier molecular flexibility index (Phi) is 4.12. The third kappa shape index (κ3) is 3.28. The first kappa shape index (κ1) is 12.1. The van der Waals surface area contributed by atoms with Crippen molar-refractivity contribution in [3.05, 3.63) is 47.8 Å². The first-order valence-corrected chi connectivity index (χ1v) is 6.30. The highest BCUT2D eigenvalue weighted by Gasteiger charge is 2.03. The van der Waals surface area contributed by atoms with Crippen molar-refractivity contribution in [1.82, 2.24) is 15.3 Å². The summed E-state index contributed by atoms with van der Waals surface area (Å²) in [7, 11) is 1.95. The van der Waals surface area contributed by atoms with Gasteiger partial charge in [0.15, 0.2) is 5.16 Å². The van der Waals surface area contributed by atoms with Gasteiger partial charge in [0.2, 0.25) is 0 Å². The number of aryl methyl sites for hydroxylation is 1. The Morgan fingerprint density at radius 3 is 2.65 bits per heavy atom. The van der Waals surface area contributed by atoms with E-state index in [2.05, 4.69) is 40.4 Å². The van der Waals surface area contributed by atoms with Gasteiger partial charge in [-0.05, 0) is 49.0 Å².